The molecule has 1 nitrogen and oxygen atoms in total. The first kappa shape index (κ1) is 9.16. The Morgan fingerprint density at radius 2 is 2.15 bits per heavy atom. The van der Waals surface area contributed by atoms with Crippen LogP contribution in [0.2, 0.25) is 0 Å². The second-order valence-electron chi connectivity index (χ2n) is 3.43. The summed E-state index contributed by atoms with van der Waals surface area (Å²) >= 11 is 3.38. The van der Waals surface area contributed by atoms with Crippen molar-refractivity contribution in [2.45, 2.75) is 18.4 Å². The van der Waals surface area contributed by atoms with Gasteiger partial charge in [-0.1, -0.05) is 22.0 Å². The molecular formula is C10H11BrFN. The van der Waals surface area contributed by atoms with Gasteiger partial charge in [0.2, 0.25) is 0 Å². The van der Waals surface area contributed by atoms with Gasteiger partial charge in [0, 0.05) is 15.6 Å². The van der Waals surface area contributed by atoms with Crippen molar-refractivity contribution in [3.05, 3.63) is 34.1 Å². The van der Waals surface area contributed by atoms with Gasteiger partial charge in [0.05, 0.1) is 0 Å². The maximum absolute atomic E-state index is 13.5. The summed E-state index contributed by atoms with van der Waals surface area (Å²) in [4.78, 5) is 0. The van der Waals surface area contributed by atoms with E-state index in [1.807, 2.05) is 13.1 Å². The van der Waals surface area contributed by atoms with Crippen molar-refractivity contribution in [1.82, 2.24) is 5.32 Å². The highest BCUT2D eigenvalue weighted by atomic mass is 79.9. The molecule has 1 aliphatic carbocycles. The zero-order chi connectivity index (χ0) is 9.47. The third-order valence-electron chi connectivity index (χ3n) is 2.67. The molecule has 0 heterocycles. The van der Waals surface area contributed by atoms with Crippen LogP contribution < -0.4 is 5.32 Å². The lowest BCUT2D eigenvalue weighted by atomic mass is 10.0. The van der Waals surface area contributed by atoms with Gasteiger partial charge in [-0.05, 0) is 32.0 Å². The van der Waals surface area contributed by atoms with Crippen molar-refractivity contribution in [1.29, 1.82) is 0 Å². The van der Waals surface area contributed by atoms with Crippen LogP contribution in [0.1, 0.15) is 18.4 Å². The van der Waals surface area contributed by atoms with Crippen LogP contribution in [0, 0.1) is 5.82 Å². The summed E-state index contributed by atoms with van der Waals surface area (Å²) in [6.07, 6.45) is 2.03. The molecule has 1 aromatic rings. The number of nitrogens with one attached hydrogen (secondary N) is 1. The molecule has 0 amide bonds. The predicted molar refractivity (Wildman–Crippen MR) is 54.1 cm³/mol. The number of halogens is 2. The molecule has 0 atom stereocenters. The second-order valence-corrected chi connectivity index (χ2v) is 4.28. The van der Waals surface area contributed by atoms with E-state index >= 15 is 0 Å². The monoisotopic (exact) mass is 243 g/mol. The largest absolute Gasteiger partial charge is 0.310 e. The third-order valence-corrected chi connectivity index (χ3v) is 3.33. The minimum absolute atomic E-state index is 0.107. The van der Waals surface area contributed by atoms with Crippen molar-refractivity contribution in [3.63, 3.8) is 0 Å². The molecule has 1 aromatic carbocycles. The van der Waals surface area contributed by atoms with E-state index in [0.29, 0.717) is 0 Å². The van der Waals surface area contributed by atoms with Crippen LogP contribution in [-0.2, 0) is 5.54 Å². The summed E-state index contributed by atoms with van der Waals surface area (Å²) < 4.78 is 14.4. The van der Waals surface area contributed by atoms with E-state index in [0.717, 1.165) is 22.9 Å². The van der Waals surface area contributed by atoms with Gasteiger partial charge in [-0.15, -0.1) is 0 Å². The average molecular weight is 244 g/mol. The molecule has 1 fully saturated rings. The van der Waals surface area contributed by atoms with Crippen molar-refractivity contribution < 1.29 is 4.39 Å². The quantitative estimate of drug-likeness (QED) is 0.843. The van der Waals surface area contributed by atoms with E-state index in [9.17, 15) is 4.39 Å². The molecule has 0 spiro atoms. The smallest absolute Gasteiger partial charge is 0.129 e. The fourth-order valence-electron chi connectivity index (χ4n) is 1.70. The number of hydrogen-bond donors (Lipinski definition) is 1. The molecule has 70 valence electrons. The fourth-order valence-corrected chi connectivity index (χ4v) is 2.43. The lowest BCUT2D eigenvalue weighted by Crippen LogP contribution is -2.26. The molecule has 13 heavy (non-hydrogen) atoms. The average Bonchev–Trinajstić information content (AvgIpc) is 2.85. The van der Waals surface area contributed by atoms with E-state index in [1.54, 1.807) is 6.07 Å². The van der Waals surface area contributed by atoms with Gasteiger partial charge in [0.15, 0.2) is 0 Å². The maximum atomic E-state index is 13.5. The molecule has 0 aromatic heterocycles. The van der Waals surface area contributed by atoms with Crippen LogP contribution in [0.3, 0.4) is 0 Å². The molecule has 3 heteroatoms. The Kier molecular flexibility index (Phi) is 2.16. The van der Waals surface area contributed by atoms with Crippen LogP contribution in [0.5, 0.6) is 0 Å². The Morgan fingerprint density at radius 1 is 1.46 bits per heavy atom. The lowest BCUT2D eigenvalue weighted by molar-refractivity contribution is 0.523. The minimum atomic E-state index is -0.124. The van der Waals surface area contributed by atoms with Gasteiger partial charge >= 0.3 is 0 Å². The van der Waals surface area contributed by atoms with Crippen molar-refractivity contribution in [2.24, 2.45) is 0 Å². The molecule has 0 unspecified atom stereocenters. The summed E-state index contributed by atoms with van der Waals surface area (Å²) in [6.45, 7) is 0. The summed E-state index contributed by atoms with van der Waals surface area (Å²) in [6, 6.07) is 5.11. The molecule has 0 radical (unpaired) electrons. The topological polar surface area (TPSA) is 12.0 Å². The van der Waals surface area contributed by atoms with Gasteiger partial charge in [-0.25, -0.2) is 4.39 Å². The Hall–Kier alpha value is -0.410. The van der Waals surface area contributed by atoms with E-state index in [4.69, 9.17) is 0 Å². The van der Waals surface area contributed by atoms with Gasteiger partial charge in [-0.2, -0.15) is 0 Å². The number of hydrogen-bond acceptors (Lipinski definition) is 1. The Balaban J connectivity index is 2.50. The Morgan fingerprint density at radius 3 is 2.62 bits per heavy atom. The summed E-state index contributed by atoms with van der Waals surface area (Å²) in [5.41, 5.74) is 0.668. The summed E-state index contributed by atoms with van der Waals surface area (Å²) in [7, 11) is 1.88. The molecule has 1 saturated carbocycles. The standard InChI is InChI=1S/C10H11BrFN/c1-13-10(5-6-10)9-7(11)3-2-4-8(9)12/h2-4,13H,5-6H2,1H3. The molecule has 1 N–H and O–H groups in total. The fraction of sp³-hybridized carbons (Fsp3) is 0.400. The third kappa shape index (κ3) is 1.40. The van der Waals surface area contributed by atoms with E-state index in [-0.39, 0.29) is 11.4 Å². The second kappa shape index (κ2) is 3.07. The van der Waals surface area contributed by atoms with Crippen LogP contribution in [-0.4, -0.2) is 7.05 Å². The normalized spacial score (nSPS) is 18.7. The molecule has 2 rings (SSSR count). The van der Waals surface area contributed by atoms with E-state index < -0.39 is 0 Å². The zero-order valence-corrected chi connectivity index (χ0v) is 8.99. The lowest BCUT2D eigenvalue weighted by Gasteiger charge is -2.16. The van der Waals surface area contributed by atoms with E-state index in [1.165, 1.54) is 6.07 Å². The van der Waals surface area contributed by atoms with Crippen molar-refractivity contribution >= 4 is 15.9 Å². The van der Waals surface area contributed by atoms with Crippen LogP contribution in [0.4, 0.5) is 4.39 Å². The van der Waals surface area contributed by atoms with E-state index in [2.05, 4.69) is 21.2 Å². The Labute approximate surface area is 85.5 Å². The SMILES string of the molecule is CNC1(c2c(F)cccc2Br)CC1. The zero-order valence-electron chi connectivity index (χ0n) is 7.40. The van der Waals surface area contributed by atoms with Crippen LogP contribution >= 0.6 is 15.9 Å². The molecule has 0 bridgehead atoms. The van der Waals surface area contributed by atoms with Crippen LogP contribution in [0.15, 0.2) is 22.7 Å². The predicted octanol–water partition coefficient (Wildman–Crippen LogP) is 2.80. The number of rotatable bonds is 2. The summed E-state index contributed by atoms with van der Waals surface area (Å²) in [5.74, 6) is -0.124. The molecule has 1 aliphatic rings. The van der Waals surface area contributed by atoms with Gasteiger partial charge in [-0.3, -0.25) is 0 Å². The number of benzene rings is 1. The first-order chi connectivity index (χ1) is 6.19. The molecule has 0 saturated heterocycles. The maximum Gasteiger partial charge on any atom is 0.129 e. The molecule has 0 aliphatic heterocycles. The van der Waals surface area contributed by atoms with Gasteiger partial charge in [0.1, 0.15) is 5.82 Å². The first-order valence-electron chi connectivity index (χ1n) is 4.33. The first-order valence-corrected chi connectivity index (χ1v) is 5.12. The highest BCUT2D eigenvalue weighted by Crippen LogP contribution is 2.48. The van der Waals surface area contributed by atoms with Crippen LogP contribution in [0.25, 0.3) is 0 Å². The highest BCUT2D eigenvalue weighted by molar-refractivity contribution is 9.10. The summed E-state index contributed by atoms with van der Waals surface area (Å²) in [5, 5.41) is 3.18. The Bertz CT molecular complexity index is 313. The molecular weight excluding hydrogens is 233 g/mol. The van der Waals surface area contributed by atoms with Gasteiger partial charge < -0.3 is 5.32 Å². The van der Waals surface area contributed by atoms with Crippen molar-refractivity contribution in [2.75, 3.05) is 7.05 Å². The van der Waals surface area contributed by atoms with Crippen molar-refractivity contribution in [3.8, 4) is 0 Å². The minimum Gasteiger partial charge on any atom is -0.310 e. The van der Waals surface area contributed by atoms with Gasteiger partial charge in [0.25, 0.3) is 0 Å². The highest BCUT2D eigenvalue weighted by Gasteiger charge is 2.45.